The molecule has 0 aromatic rings. The van der Waals surface area contributed by atoms with Crippen molar-refractivity contribution >= 4 is 17.4 Å². The lowest BCUT2D eigenvalue weighted by Crippen LogP contribution is -2.31. The van der Waals surface area contributed by atoms with Gasteiger partial charge in [0.25, 0.3) is 0 Å². The van der Waals surface area contributed by atoms with Gasteiger partial charge in [-0.25, -0.2) is 0 Å². The number of ketones is 1. The van der Waals surface area contributed by atoms with Gasteiger partial charge >= 0.3 is 0 Å². The fourth-order valence-corrected chi connectivity index (χ4v) is 1.20. The topological polar surface area (TPSA) is 29.1 Å². The molecule has 1 aliphatic carbocycles. The largest absolute Gasteiger partial charge is 0.315 e. The van der Waals surface area contributed by atoms with E-state index in [4.69, 9.17) is 11.6 Å². The minimum absolute atomic E-state index is 0.178. The first-order valence-corrected chi connectivity index (χ1v) is 7.52. The van der Waals surface area contributed by atoms with Crippen molar-refractivity contribution in [2.45, 2.75) is 59.9 Å². The third kappa shape index (κ3) is 15.2. The summed E-state index contributed by atoms with van der Waals surface area (Å²) in [6, 6.07) is 0. The van der Waals surface area contributed by atoms with Crippen LogP contribution in [-0.4, -0.2) is 18.4 Å². The molecular formula is C17H30ClNO. The van der Waals surface area contributed by atoms with Crippen molar-refractivity contribution in [2.24, 2.45) is 0 Å². The Bertz CT molecular complexity index is 360. The van der Waals surface area contributed by atoms with Crippen LogP contribution in [0.15, 0.2) is 34.9 Å². The molecule has 0 unspecified atom stereocenters. The standard InChI is InChI=1S/C10H11ClO.C5H13N.C2H6/c1-8(12)7-9-3-2-4-10(11)6-5-9;1-5(2,3)6-4;1-2/h2-3,5-6H,4,7H2,1H3;6H,1-4H3;1-2H3. The summed E-state index contributed by atoms with van der Waals surface area (Å²) >= 11 is 5.80. The molecule has 1 aliphatic rings. The highest BCUT2D eigenvalue weighted by Gasteiger charge is 2.02. The maximum absolute atomic E-state index is 10.8. The minimum atomic E-state index is 0.178. The molecule has 116 valence electrons. The Morgan fingerprint density at radius 3 is 2.20 bits per heavy atom. The molecule has 0 aromatic carbocycles. The summed E-state index contributed by atoms with van der Waals surface area (Å²) in [5, 5.41) is 3.91. The monoisotopic (exact) mass is 299 g/mol. The summed E-state index contributed by atoms with van der Waals surface area (Å²) in [5.74, 6) is 0.178. The molecule has 0 radical (unpaired) electrons. The summed E-state index contributed by atoms with van der Waals surface area (Å²) in [6.07, 6.45) is 8.93. The molecule has 3 heteroatoms. The molecule has 0 heterocycles. The zero-order valence-electron chi connectivity index (χ0n) is 14.0. The number of allylic oxidation sites excluding steroid dienone is 6. The van der Waals surface area contributed by atoms with Gasteiger partial charge < -0.3 is 5.32 Å². The number of nitrogens with one attached hydrogen (secondary N) is 1. The number of carbonyl (C=O) groups excluding carboxylic acids is 1. The average Bonchev–Trinajstić information content (AvgIpc) is 2.56. The van der Waals surface area contributed by atoms with E-state index < -0.39 is 0 Å². The van der Waals surface area contributed by atoms with Crippen LogP contribution in [0.5, 0.6) is 0 Å². The predicted octanol–water partition coefficient (Wildman–Crippen LogP) is 5.01. The number of Topliss-reactive ketones (excluding diaryl/α,β-unsaturated/α-hetero) is 1. The summed E-state index contributed by atoms with van der Waals surface area (Å²) < 4.78 is 0. The smallest absolute Gasteiger partial charge is 0.134 e. The van der Waals surface area contributed by atoms with Crippen molar-refractivity contribution in [3.8, 4) is 0 Å². The molecule has 0 bridgehead atoms. The van der Waals surface area contributed by atoms with Gasteiger partial charge in [-0.2, -0.15) is 0 Å². The highest BCUT2D eigenvalue weighted by Crippen LogP contribution is 2.16. The molecule has 0 saturated carbocycles. The van der Waals surface area contributed by atoms with Crippen LogP contribution < -0.4 is 5.32 Å². The van der Waals surface area contributed by atoms with E-state index in [9.17, 15) is 4.79 Å². The van der Waals surface area contributed by atoms with Crippen LogP contribution in [0, 0.1) is 0 Å². The Balaban J connectivity index is 0. The number of hydrogen-bond donors (Lipinski definition) is 1. The average molecular weight is 300 g/mol. The molecule has 0 spiro atoms. The van der Waals surface area contributed by atoms with E-state index in [1.807, 2.05) is 45.2 Å². The molecule has 0 saturated heterocycles. The summed E-state index contributed by atoms with van der Waals surface area (Å²) in [7, 11) is 1.96. The lowest BCUT2D eigenvalue weighted by Gasteiger charge is -2.15. The Labute approximate surface area is 130 Å². The first-order valence-electron chi connectivity index (χ1n) is 7.14. The van der Waals surface area contributed by atoms with Crippen LogP contribution in [0.25, 0.3) is 0 Å². The normalized spacial score (nSPS) is 13.8. The highest BCUT2D eigenvalue weighted by atomic mass is 35.5. The fourth-order valence-electron chi connectivity index (χ4n) is 1.05. The van der Waals surface area contributed by atoms with Crippen molar-refractivity contribution in [3.63, 3.8) is 0 Å². The van der Waals surface area contributed by atoms with Gasteiger partial charge in [-0.1, -0.05) is 43.7 Å². The van der Waals surface area contributed by atoms with E-state index in [1.165, 1.54) is 0 Å². The molecule has 0 aromatic heterocycles. The molecule has 1 rings (SSSR count). The molecule has 2 nitrogen and oxygen atoms in total. The van der Waals surface area contributed by atoms with E-state index in [-0.39, 0.29) is 5.78 Å². The number of rotatable bonds is 2. The second-order valence-corrected chi connectivity index (χ2v) is 5.83. The first-order chi connectivity index (χ1) is 9.24. The Kier molecular flexibility index (Phi) is 12.8. The maximum atomic E-state index is 10.8. The zero-order valence-corrected chi connectivity index (χ0v) is 14.8. The highest BCUT2D eigenvalue weighted by molar-refractivity contribution is 6.29. The van der Waals surface area contributed by atoms with Gasteiger partial charge in [-0.3, -0.25) is 4.79 Å². The van der Waals surface area contributed by atoms with Gasteiger partial charge in [0.05, 0.1) is 0 Å². The van der Waals surface area contributed by atoms with Gasteiger partial charge in [0.2, 0.25) is 0 Å². The fraction of sp³-hybridized carbons (Fsp3) is 0.588. The Hall–Kier alpha value is -0.860. The molecule has 0 aliphatic heterocycles. The van der Waals surface area contributed by atoms with Crippen molar-refractivity contribution in [2.75, 3.05) is 7.05 Å². The number of hydrogen-bond acceptors (Lipinski definition) is 2. The second kappa shape index (κ2) is 11.9. The van der Waals surface area contributed by atoms with E-state index in [0.717, 1.165) is 17.0 Å². The van der Waals surface area contributed by atoms with Gasteiger partial charge in [-0.05, 0) is 46.4 Å². The van der Waals surface area contributed by atoms with Crippen molar-refractivity contribution in [1.82, 2.24) is 5.32 Å². The van der Waals surface area contributed by atoms with Crippen LogP contribution in [-0.2, 0) is 4.79 Å². The SMILES string of the molecule is CC.CC(=O)CC1=CC=C(Cl)CC=C1.CNC(C)(C)C. The van der Waals surface area contributed by atoms with Crippen LogP contribution in [0.1, 0.15) is 54.4 Å². The van der Waals surface area contributed by atoms with Crippen LogP contribution >= 0.6 is 11.6 Å². The van der Waals surface area contributed by atoms with Crippen LogP contribution in [0.2, 0.25) is 0 Å². The Morgan fingerprint density at radius 1 is 1.30 bits per heavy atom. The van der Waals surface area contributed by atoms with E-state index in [0.29, 0.717) is 12.0 Å². The van der Waals surface area contributed by atoms with E-state index >= 15 is 0 Å². The first kappa shape index (κ1) is 21.4. The van der Waals surface area contributed by atoms with E-state index in [2.05, 4.69) is 26.1 Å². The van der Waals surface area contributed by atoms with Crippen molar-refractivity contribution in [1.29, 1.82) is 0 Å². The van der Waals surface area contributed by atoms with Crippen LogP contribution in [0.4, 0.5) is 0 Å². The molecule has 0 atom stereocenters. The lowest BCUT2D eigenvalue weighted by atomic mass is 10.1. The lowest BCUT2D eigenvalue weighted by molar-refractivity contribution is -0.116. The predicted molar refractivity (Wildman–Crippen MR) is 91.2 cm³/mol. The number of carbonyl (C=O) groups is 1. The molecule has 0 amide bonds. The summed E-state index contributed by atoms with van der Waals surface area (Å²) in [6.45, 7) is 12.0. The van der Waals surface area contributed by atoms with Gasteiger partial charge in [0.15, 0.2) is 0 Å². The molecule has 20 heavy (non-hydrogen) atoms. The van der Waals surface area contributed by atoms with Gasteiger partial charge in [0, 0.05) is 23.4 Å². The summed E-state index contributed by atoms with van der Waals surface area (Å²) in [5.41, 5.74) is 1.32. The second-order valence-electron chi connectivity index (χ2n) is 5.34. The van der Waals surface area contributed by atoms with Crippen LogP contribution in [0.3, 0.4) is 0 Å². The third-order valence-corrected chi connectivity index (χ3v) is 2.61. The van der Waals surface area contributed by atoms with Crippen molar-refractivity contribution in [3.05, 3.63) is 34.9 Å². The third-order valence-electron chi connectivity index (χ3n) is 2.33. The molecule has 1 N–H and O–H groups in total. The summed E-state index contributed by atoms with van der Waals surface area (Å²) in [4.78, 5) is 10.8. The zero-order chi connectivity index (χ0) is 16.2. The van der Waals surface area contributed by atoms with Crippen molar-refractivity contribution < 1.29 is 4.79 Å². The molecule has 0 fully saturated rings. The van der Waals surface area contributed by atoms with Gasteiger partial charge in [-0.15, -0.1) is 0 Å². The maximum Gasteiger partial charge on any atom is 0.134 e. The van der Waals surface area contributed by atoms with E-state index in [1.54, 1.807) is 6.92 Å². The minimum Gasteiger partial charge on any atom is -0.315 e. The quantitative estimate of drug-likeness (QED) is 0.777. The molecular weight excluding hydrogens is 270 g/mol. The Morgan fingerprint density at radius 2 is 1.80 bits per heavy atom. The number of halogens is 1. The van der Waals surface area contributed by atoms with Gasteiger partial charge in [0.1, 0.15) is 5.78 Å².